The number of piperidine rings is 1. The highest BCUT2D eigenvalue weighted by Crippen LogP contribution is 2.53. The lowest BCUT2D eigenvalue weighted by Crippen LogP contribution is -2.52. The molecule has 126 valence electrons. The zero-order valence-corrected chi connectivity index (χ0v) is 15.0. The average Bonchev–Trinajstić information content (AvgIpc) is 2.96. The number of methoxy groups -OCH3 is 1. The lowest BCUT2D eigenvalue weighted by atomic mass is 10.0. The Morgan fingerprint density at radius 1 is 1.48 bits per heavy atom. The number of likely N-dealkylation sites (tertiary alicyclic amines) is 1. The zero-order valence-electron chi connectivity index (χ0n) is 13.4. The van der Waals surface area contributed by atoms with Crippen LogP contribution in [0, 0.1) is 11.8 Å². The van der Waals surface area contributed by atoms with E-state index in [1.165, 1.54) is 7.11 Å². The standard InChI is InChI=1S/C15H21BrN4O3/c1-7(2)12(19-15(22)23-3)14(21)20-9-4-8(9)5-10(20)13-17-6-11(16)18-13/h6-10,12H,4-5H2,1-3H3,(H,17,18)(H,19,22)/t8?,9-,10-,12-/m0/s1. The van der Waals surface area contributed by atoms with Crippen molar-refractivity contribution in [2.24, 2.45) is 11.8 Å². The Morgan fingerprint density at radius 3 is 2.78 bits per heavy atom. The maximum Gasteiger partial charge on any atom is 0.407 e. The van der Waals surface area contributed by atoms with Crippen molar-refractivity contribution in [3.63, 3.8) is 0 Å². The maximum atomic E-state index is 13.1. The summed E-state index contributed by atoms with van der Waals surface area (Å²) in [4.78, 5) is 34.1. The second-order valence-electron chi connectivity index (χ2n) is 6.53. The first kappa shape index (κ1) is 16.3. The fourth-order valence-corrected chi connectivity index (χ4v) is 3.67. The minimum atomic E-state index is -0.595. The highest BCUT2D eigenvalue weighted by atomic mass is 79.9. The second-order valence-corrected chi connectivity index (χ2v) is 7.39. The summed E-state index contributed by atoms with van der Waals surface area (Å²) in [6, 6.07) is -0.391. The molecule has 3 rings (SSSR count). The van der Waals surface area contributed by atoms with Gasteiger partial charge in [-0.05, 0) is 40.6 Å². The Labute approximate surface area is 143 Å². The number of carbonyl (C=O) groups is 2. The SMILES string of the molecule is COC(=O)N[C@H](C(=O)N1[C@H](c2ncc(Br)[nH]2)CC2C[C@@H]21)C(C)C. The molecule has 1 unspecified atom stereocenters. The summed E-state index contributed by atoms with van der Waals surface area (Å²) in [5.74, 6) is 1.24. The van der Waals surface area contributed by atoms with Crippen molar-refractivity contribution >= 4 is 27.9 Å². The molecule has 2 amide bonds. The predicted molar refractivity (Wildman–Crippen MR) is 86.6 cm³/mol. The predicted octanol–water partition coefficient (Wildman–Crippen LogP) is 2.21. The van der Waals surface area contributed by atoms with Gasteiger partial charge in [0.05, 0.1) is 19.3 Å². The molecule has 2 N–H and O–H groups in total. The van der Waals surface area contributed by atoms with Gasteiger partial charge in [-0.2, -0.15) is 0 Å². The van der Waals surface area contributed by atoms with E-state index in [0.717, 1.165) is 23.3 Å². The van der Waals surface area contributed by atoms with E-state index < -0.39 is 12.1 Å². The fraction of sp³-hybridized carbons (Fsp3) is 0.667. The molecule has 1 aliphatic carbocycles. The van der Waals surface area contributed by atoms with Crippen molar-refractivity contribution in [2.75, 3.05) is 7.11 Å². The van der Waals surface area contributed by atoms with E-state index in [2.05, 4.69) is 36.0 Å². The molecule has 1 aromatic rings. The molecule has 0 aromatic carbocycles. The van der Waals surface area contributed by atoms with Crippen molar-refractivity contribution in [1.82, 2.24) is 20.2 Å². The molecule has 23 heavy (non-hydrogen) atoms. The largest absolute Gasteiger partial charge is 0.453 e. The van der Waals surface area contributed by atoms with Gasteiger partial charge in [0.25, 0.3) is 0 Å². The van der Waals surface area contributed by atoms with Crippen LogP contribution >= 0.6 is 15.9 Å². The van der Waals surface area contributed by atoms with Crippen LogP contribution in [0.3, 0.4) is 0 Å². The number of amides is 2. The molecule has 2 heterocycles. The highest BCUT2D eigenvalue weighted by molar-refractivity contribution is 9.10. The molecule has 8 heteroatoms. The van der Waals surface area contributed by atoms with Gasteiger partial charge in [0, 0.05) is 6.04 Å². The van der Waals surface area contributed by atoms with Gasteiger partial charge >= 0.3 is 6.09 Å². The Hall–Kier alpha value is -1.57. The van der Waals surface area contributed by atoms with Crippen LogP contribution in [0.2, 0.25) is 0 Å². The molecular weight excluding hydrogens is 364 g/mol. The number of H-pyrrole nitrogens is 1. The van der Waals surface area contributed by atoms with Crippen LogP contribution in [-0.2, 0) is 9.53 Å². The monoisotopic (exact) mass is 384 g/mol. The number of aromatic amines is 1. The molecule has 7 nitrogen and oxygen atoms in total. The highest BCUT2D eigenvalue weighted by Gasteiger charge is 2.56. The summed E-state index contributed by atoms with van der Waals surface area (Å²) in [6.45, 7) is 3.83. The number of alkyl carbamates (subject to hydrolysis) is 1. The number of nitrogens with zero attached hydrogens (tertiary/aromatic N) is 2. The fourth-order valence-electron chi connectivity index (χ4n) is 3.36. The van der Waals surface area contributed by atoms with Crippen LogP contribution in [0.15, 0.2) is 10.8 Å². The third-order valence-electron chi connectivity index (χ3n) is 4.63. The van der Waals surface area contributed by atoms with Crippen molar-refractivity contribution in [3.05, 3.63) is 16.6 Å². The molecule has 2 fully saturated rings. The Morgan fingerprint density at radius 2 is 2.22 bits per heavy atom. The minimum absolute atomic E-state index is 0.0246. The number of fused-ring (bicyclic) bond motifs is 1. The first-order chi connectivity index (χ1) is 10.9. The van der Waals surface area contributed by atoms with E-state index in [-0.39, 0.29) is 23.9 Å². The minimum Gasteiger partial charge on any atom is -0.453 e. The quantitative estimate of drug-likeness (QED) is 0.832. The number of halogens is 1. The topological polar surface area (TPSA) is 87.3 Å². The lowest BCUT2D eigenvalue weighted by Gasteiger charge is -2.31. The van der Waals surface area contributed by atoms with Gasteiger partial charge in [-0.25, -0.2) is 9.78 Å². The molecule has 0 radical (unpaired) electrons. The molecule has 4 atom stereocenters. The van der Waals surface area contributed by atoms with Crippen molar-refractivity contribution in [2.45, 2.75) is 44.8 Å². The van der Waals surface area contributed by atoms with E-state index in [0.29, 0.717) is 5.92 Å². The van der Waals surface area contributed by atoms with Gasteiger partial charge < -0.3 is 19.9 Å². The molecule has 1 saturated heterocycles. The van der Waals surface area contributed by atoms with E-state index in [9.17, 15) is 9.59 Å². The number of nitrogens with one attached hydrogen (secondary N) is 2. The number of imidazole rings is 1. The van der Waals surface area contributed by atoms with E-state index >= 15 is 0 Å². The van der Waals surface area contributed by atoms with Crippen molar-refractivity contribution in [1.29, 1.82) is 0 Å². The maximum absolute atomic E-state index is 13.1. The van der Waals surface area contributed by atoms with E-state index in [1.54, 1.807) is 6.20 Å². The molecule has 1 aromatic heterocycles. The second kappa shape index (κ2) is 6.14. The summed E-state index contributed by atoms with van der Waals surface area (Å²) < 4.78 is 5.45. The van der Waals surface area contributed by atoms with Crippen LogP contribution in [0.1, 0.15) is 38.6 Å². The van der Waals surface area contributed by atoms with Crippen molar-refractivity contribution in [3.8, 4) is 0 Å². The van der Waals surface area contributed by atoms with Crippen LogP contribution in [-0.4, -0.2) is 46.1 Å². The zero-order chi connectivity index (χ0) is 16.7. The summed E-state index contributed by atoms with van der Waals surface area (Å²) in [5, 5.41) is 2.67. The number of carbonyl (C=O) groups excluding carboxylic acids is 2. The summed E-state index contributed by atoms with van der Waals surface area (Å²) >= 11 is 3.36. The van der Waals surface area contributed by atoms with E-state index in [1.807, 2.05) is 18.7 Å². The van der Waals surface area contributed by atoms with E-state index in [4.69, 9.17) is 0 Å². The van der Waals surface area contributed by atoms with Gasteiger partial charge in [0.1, 0.15) is 16.5 Å². The summed E-state index contributed by atoms with van der Waals surface area (Å²) in [6.07, 6.45) is 3.07. The number of rotatable bonds is 4. The van der Waals surface area contributed by atoms with Gasteiger partial charge in [-0.15, -0.1) is 0 Å². The van der Waals surface area contributed by atoms with Gasteiger partial charge in [-0.3, -0.25) is 4.79 Å². The third kappa shape index (κ3) is 3.08. The summed E-state index contributed by atoms with van der Waals surface area (Å²) in [7, 11) is 1.30. The number of hydrogen-bond acceptors (Lipinski definition) is 4. The smallest absolute Gasteiger partial charge is 0.407 e. The van der Waals surface area contributed by atoms with Gasteiger partial charge in [-0.1, -0.05) is 13.8 Å². The molecular formula is C15H21BrN4O3. The lowest BCUT2D eigenvalue weighted by molar-refractivity contribution is -0.136. The van der Waals surface area contributed by atoms with Crippen LogP contribution in [0.5, 0.6) is 0 Å². The van der Waals surface area contributed by atoms with Crippen LogP contribution in [0.25, 0.3) is 0 Å². The third-order valence-corrected chi connectivity index (χ3v) is 5.03. The van der Waals surface area contributed by atoms with Gasteiger partial charge in [0.2, 0.25) is 5.91 Å². The molecule has 0 spiro atoms. The first-order valence-electron chi connectivity index (χ1n) is 7.79. The molecule has 1 saturated carbocycles. The van der Waals surface area contributed by atoms with Crippen LogP contribution in [0.4, 0.5) is 4.79 Å². The molecule has 2 aliphatic rings. The average molecular weight is 385 g/mol. The number of aromatic nitrogens is 2. The molecule has 0 bridgehead atoms. The molecule has 1 aliphatic heterocycles. The van der Waals surface area contributed by atoms with Gasteiger partial charge in [0.15, 0.2) is 0 Å². The number of hydrogen-bond donors (Lipinski definition) is 2. The Balaban J connectivity index is 1.81. The Kier molecular flexibility index (Phi) is 4.35. The first-order valence-corrected chi connectivity index (χ1v) is 8.58. The summed E-state index contributed by atoms with van der Waals surface area (Å²) in [5.41, 5.74) is 0. The van der Waals surface area contributed by atoms with Crippen molar-refractivity contribution < 1.29 is 14.3 Å². The number of ether oxygens (including phenoxy) is 1. The normalized spacial score (nSPS) is 26.8. The Bertz CT molecular complexity index is 618. The van der Waals surface area contributed by atoms with Crippen LogP contribution < -0.4 is 5.32 Å².